The van der Waals surface area contributed by atoms with Crippen LogP contribution in [0.4, 0.5) is 5.69 Å². The first kappa shape index (κ1) is 17.8. The van der Waals surface area contributed by atoms with Crippen LogP contribution in [0, 0.1) is 11.3 Å². The Hall–Kier alpha value is -2.28. The van der Waals surface area contributed by atoms with Crippen LogP contribution in [0.3, 0.4) is 0 Å². The van der Waals surface area contributed by atoms with Gasteiger partial charge in [-0.05, 0) is 29.5 Å². The number of nitrogens with zero attached hydrogens (tertiary/aromatic N) is 1. The number of carbonyl (C=O) groups is 1. The highest BCUT2D eigenvalue weighted by atomic mass is 16.1. The molecule has 1 rings (SSSR count). The molecule has 22 heavy (non-hydrogen) atoms. The van der Waals surface area contributed by atoms with Crippen molar-refractivity contribution in [2.24, 2.45) is 0 Å². The molecule has 0 radical (unpaired) electrons. The van der Waals surface area contributed by atoms with Crippen LogP contribution in [0.25, 0.3) is 0 Å². The summed E-state index contributed by atoms with van der Waals surface area (Å²) in [5.41, 5.74) is 2.27. The predicted octanol–water partition coefficient (Wildman–Crippen LogP) is 3.72. The number of nitrogens with one attached hydrogen (secondary N) is 2. The fourth-order valence-electron chi connectivity index (χ4n) is 1.84. The monoisotopic (exact) mass is 299 g/mol. The van der Waals surface area contributed by atoms with Gasteiger partial charge in [0.1, 0.15) is 11.6 Å². The third-order valence-corrected chi connectivity index (χ3v) is 3.32. The molecule has 0 atom stereocenters. The minimum atomic E-state index is -0.338. The fourth-order valence-corrected chi connectivity index (χ4v) is 1.84. The number of rotatable bonds is 6. The minimum Gasteiger partial charge on any atom is -0.360 e. The Bertz CT molecular complexity index is 559. The second kappa shape index (κ2) is 8.23. The highest BCUT2D eigenvalue weighted by Gasteiger charge is 2.12. The molecule has 0 saturated heterocycles. The highest BCUT2D eigenvalue weighted by Crippen LogP contribution is 2.23. The lowest BCUT2D eigenvalue weighted by Gasteiger charge is -2.19. The summed E-state index contributed by atoms with van der Waals surface area (Å²) in [7, 11) is 0. The Morgan fingerprint density at radius 3 is 2.41 bits per heavy atom. The summed E-state index contributed by atoms with van der Waals surface area (Å²) in [5.74, 6) is -0.338. The van der Waals surface area contributed by atoms with Gasteiger partial charge in [-0.25, -0.2) is 0 Å². The molecule has 0 aliphatic carbocycles. The standard InChI is InChI=1S/C18H25N3O/c1-5-6-11-20-17(22)14(12-19)13-21-16-9-7-15(8-10-16)18(2,3)4/h7-10,13,21H,5-6,11H2,1-4H3,(H,20,22)/b14-13-. The molecule has 0 fully saturated rings. The van der Waals surface area contributed by atoms with E-state index in [-0.39, 0.29) is 16.9 Å². The molecular formula is C18H25N3O. The second-order valence-corrected chi connectivity index (χ2v) is 6.25. The van der Waals surface area contributed by atoms with Gasteiger partial charge in [0.2, 0.25) is 0 Å². The smallest absolute Gasteiger partial charge is 0.263 e. The molecule has 1 amide bonds. The molecule has 0 aliphatic heterocycles. The van der Waals surface area contributed by atoms with E-state index in [2.05, 4.69) is 38.3 Å². The van der Waals surface area contributed by atoms with Gasteiger partial charge in [-0.3, -0.25) is 4.79 Å². The number of unbranched alkanes of at least 4 members (excludes halogenated alkanes) is 1. The number of hydrogen-bond acceptors (Lipinski definition) is 3. The van der Waals surface area contributed by atoms with Crippen LogP contribution in [0.15, 0.2) is 36.0 Å². The van der Waals surface area contributed by atoms with Gasteiger partial charge in [-0.15, -0.1) is 0 Å². The fraction of sp³-hybridized carbons (Fsp3) is 0.444. The van der Waals surface area contributed by atoms with Crippen molar-refractivity contribution >= 4 is 11.6 Å². The Kier molecular flexibility index (Phi) is 6.65. The predicted molar refractivity (Wildman–Crippen MR) is 90.4 cm³/mol. The van der Waals surface area contributed by atoms with Crippen LogP contribution in [-0.4, -0.2) is 12.5 Å². The molecule has 0 aliphatic rings. The molecule has 0 bridgehead atoms. The van der Waals surface area contributed by atoms with Crippen LogP contribution in [-0.2, 0) is 10.2 Å². The molecule has 118 valence electrons. The molecule has 4 nitrogen and oxygen atoms in total. The van der Waals surface area contributed by atoms with Gasteiger partial charge in [0.25, 0.3) is 5.91 Å². The summed E-state index contributed by atoms with van der Waals surface area (Å²) >= 11 is 0. The van der Waals surface area contributed by atoms with E-state index in [4.69, 9.17) is 5.26 Å². The number of anilines is 1. The summed E-state index contributed by atoms with van der Waals surface area (Å²) in [4.78, 5) is 11.8. The van der Waals surface area contributed by atoms with Gasteiger partial charge in [-0.2, -0.15) is 5.26 Å². The lowest BCUT2D eigenvalue weighted by molar-refractivity contribution is -0.117. The molecule has 0 spiro atoms. The topological polar surface area (TPSA) is 64.9 Å². The maximum absolute atomic E-state index is 11.8. The molecule has 2 N–H and O–H groups in total. The molecular weight excluding hydrogens is 274 g/mol. The SMILES string of the molecule is CCCCNC(=O)/C(C#N)=C\Nc1ccc(C(C)(C)C)cc1. The Morgan fingerprint density at radius 2 is 1.91 bits per heavy atom. The van der Waals surface area contributed by atoms with Crippen LogP contribution < -0.4 is 10.6 Å². The van der Waals surface area contributed by atoms with E-state index < -0.39 is 0 Å². The summed E-state index contributed by atoms with van der Waals surface area (Å²) < 4.78 is 0. The molecule has 0 saturated carbocycles. The van der Waals surface area contributed by atoms with Crippen molar-refractivity contribution in [2.75, 3.05) is 11.9 Å². The zero-order chi connectivity index (χ0) is 16.6. The van der Waals surface area contributed by atoms with Gasteiger partial charge < -0.3 is 10.6 Å². The third kappa shape index (κ3) is 5.61. The van der Waals surface area contributed by atoms with Crippen molar-refractivity contribution in [3.8, 4) is 6.07 Å². The van der Waals surface area contributed by atoms with Crippen molar-refractivity contribution in [1.82, 2.24) is 5.32 Å². The van der Waals surface area contributed by atoms with Crippen molar-refractivity contribution in [3.05, 3.63) is 41.6 Å². The average molecular weight is 299 g/mol. The summed E-state index contributed by atoms with van der Waals surface area (Å²) in [5, 5.41) is 14.8. The highest BCUT2D eigenvalue weighted by molar-refractivity contribution is 5.97. The van der Waals surface area contributed by atoms with Crippen molar-refractivity contribution < 1.29 is 4.79 Å². The lowest BCUT2D eigenvalue weighted by Crippen LogP contribution is -2.25. The first-order valence-electron chi connectivity index (χ1n) is 7.64. The van der Waals surface area contributed by atoms with Gasteiger partial charge in [0.15, 0.2) is 0 Å². The van der Waals surface area contributed by atoms with E-state index in [1.54, 1.807) is 0 Å². The van der Waals surface area contributed by atoms with Gasteiger partial charge in [0, 0.05) is 18.4 Å². The average Bonchev–Trinajstić information content (AvgIpc) is 2.47. The normalized spacial score (nSPS) is 11.7. The number of carbonyl (C=O) groups excluding carboxylic acids is 1. The number of hydrogen-bond donors (Lipinski definition) is 2. The van der Waals surface area contributed by atoms with Gasteiger partial charge >= 0.3 is 0 Å². The molecule has 0 aromatic heterocycles. The number of benzene rings is 1. The Morgan fingerprint density at radius 1 is 1.27 bits per heavy atom. The first-order chi connectivity index (χ1) is 10.4. The second-order valence-electron chi connectivity index (χ2n) is 6.25. The largest absolute Gasteiger partial charge is 0.360 e. The molecule has 1 aromatic rings. The van der Waals surface area contributed by atoms with Crippen LogP contribution >= 0.6 is 0 Å². The first-order valence-corrected chi connectivity index (χ1v) is 7.64. The number of amides is 1. The van der Waals surface area contributed by atoms with Crippen LogP contribution in [0.1, 0.15) is 46.1 Å². The Balaban J connectivity index is 2.68. The van der Waals surface area contributed by atoms with E-state index in [9.17, 15) is 4.79 Å². The van der Waals surface area contributed by atoms with Crippen LogP contribution in [0.2, 0.25) is 0 Å². The van der Waals surface area contributed by atoms with E-state index in [0.29, 0.717) is 6.54 Å². The van der Waals surface area contributed by atoms with E-state index >= 15 is 0 Å². The van der Waals surface area contributed by atoms with Gasteiger partial charge in [-0.1, -0.05) is 46.2 Å². The maximum atomic E-state index is 11.8. The summed E-state index contributed by atoms with van der Waals surface area (Å²) in [6.45, 7) is 9.11. The number of nitriles is 1. The zero-order valence-electron chi connectivity index (χ0n) is 13.9. The summed E-state index contributed by atoms with van der Waals surface area (Å²) in [6.07, 6.45) is 3.36. The Labute approximate surface area is 133 Å². The lowest BCUT2D eigenvalue weighted by atomic mass is 9.87. The summed E-state index contributed by atoms with van der Waals surface area (Å²) in [6, 6.07) is 9.90. The zero-order valence-corrected chi connectivity index (χ0v) is 13.9. The van der Waals surface area contributed by atoms with E-state index in [1.165, 1.54) is 11.8 Å². The van der Waals surface area contributed by atoms with E-state index in [0.717, 1.165) is 18.5 Å². The van der Waals surface area contributed by atoms with E-state index in [1.807, 2.05) is 30.3 Å². The quantitative estimate of drug-likeness (QED) is 0.478. The van der Waals surface area contributed by atoms with Crippen molar-refractivity contribution in [2.45, 2.75) is 46.0 Å². The van der Waals surface area contributed by atoms with Crippen LogP contribution in [0.5, 0.6) is 0 Å². The third-order valence-electron chi connectivity index (χ3n) is 3.32. The molecule has 0 unspecified atom stereocenters. The van der Waals surface area contributed by atoms with Crippen molar-refractivity contribution in [3.63, 3.8) is 0 Å². The molecule has 4 heteroatoms. The molecule has 0 heterocycles. The minimum absolute atomic E-state index is 0.0796. The van der Waals surface area contributed by atoms with Gasteiger partial charge in [0.05, 0.1) is 0 Å². The van der Waals surface area contributed by atoms with Crippen molar-refractivity contribution in [1.29, 1.82) is 5.26 Å². The molecule has 1 aromatic carbocycles. The maximum Gasteiger partial charge on any atom is 0.263 e.